The molecule has 7 nitrogen and oxygen atoms in total. The summed E-state index contributed by atoms with van der Waals surface area (Å²) in [5.41, 5.74) is 1.86. The van der Waals surface area contributed by atoms with E-state index in [2.05, 4.69) is 5.32 Å². The zero-order valence-corrected chi connectivity index (χ0v) is 19.5. The monoisotopic (exact) mass is 449 g/mol. The Morgan fingerprint density at radius 2 is 1.52 bits per heavy atom. The highest BCUT2D eigenvalue weighted by Crippen LogP contribution is 2.61. The van der Waals surface area contributed by atoms with Crippen molar-refractivity contribution in [2.45, 2.75) is 39.4 Å². The molecule has 31 heavy (non-hydrogen) atoms. The van der Waals surface area contributed by atoms with Crippen LogP contribution in [0.3, 0.4) is 0 Å². The third-order valence-electron chi connectivity index (χ3n) is 4.40. The average molecular weight is 449 g/mol. The highest BCUT2D eigenvalue weighted by Gasteiger charge is 2.37. The van der Waals surface area contributed by atoms with E-state index >= 15 is 0 Å². The number of benzene rings is 2. The maximum atomic E-state index is 13.8. The Morgan fingerprint density at radius 1 is 0.935 bits per heavy atom. The van der Waals surface area contributed by atoms with E-state index in [0.717, 1.165) is 5.56 Å². The molecule has 8 heteroatoms. The first-order chi connectivity index (χ1) is 15.0. The normalized spacial score (nSPS) is 12.3. The highest BCUT2D eigenvalue weighted by molar-refractivity contribution is 7.54. The van der Waals surface area contributed by atoms with Crippen molar-refractivity contribution in [3.05, 3.63) is 59.7 Å². The fraction of sp³-hybridized carbons (Fsp3) is 0.435. The Kier molecular flexibility index (Phi) is 10.0. The molecule has 0 radical (unpaired) electrons. The van der Waals surface area contributed by atoms with E-state index in [1.165, 1.54) is 0 Å². The van der Waals surface area contributed by atoms with Gasteiger partial charge in [-0.25, -0.2) is 4.79 Å². The predicted molar refractivity (Wildman–Crippen MR) is 122 cm³/mol. The van der Waals surface area contributed by atoms with Gasteiger partial charge in [-0.3, -0.25) is 4.57 Å². The number of hydrogen-bond donors (Lipinski definition) is 1. The molecule has 0 aliphatic carbocycles. The number of rotatable bonds is 13. The zero-order chi connectivity index (χ0) is 22.7. The fourth-order valence-corrected chi connectivity index (χ4v) is 4.92. The Morgan fingerprint density at radius 3 is 2.00 bits per heavy atom. The van der Waals surface area contributed by atoms with Crippen molar-refractivity contribution < 1.29 is 27.9 Å². The molecule has 2 aromatic carbocycles. The van der Waals surface area contributed by atoms with Crippen LogP contribution in [-0.2, 0) is 18.3 Å². The molecule has 1 N–H and O–H groups in total. The number of carbonyl (C=O) groups is 1. The summed E-state index contributed by atoms with van der Waals surface area (Å²) >= 11 is 0. The van der Waals surface area contributed by atoms with Gasteiger partial charge >= 0.3 is 13.6 Å². The second kappa shape index (κ2) is 12.5. The molecule has 0 spiro atoms. The molecule has 0 aromatic heterocycles. The van der Waals surface area contributed by atoms with Crippen LogP contribution in [0.25, 0.3) is 0 Å². The van der Waals surface area contributed by atoms with Gasteiger partial charge in [-0.15, -0.1) is 0 Å². The van der Waals surface area contributed by atoms with Crippen molar-refractivity contribution in [1.82, 2.24) is 0 Å². The van der Waals surface area contributed by atoms with Crippen LogP contribution in [0, 0.1) is 0 Å². The molecule has 0 bridgehead atoms. The largest absolute Gasteiger partial charge is 0.497 e. The Balaban J connectivity index is 2.38. The van der Waals surface area contributed by atoms with Crippen LogP contribution in [0.15, 0.2) is 48.5 Å². The number of nitrogens with one attached hydrogen (secondary N) is 1. The van der Waals surface area contributed by atoms with Crippen LogP contribution < -0.4 is 10.1 Å². The minimum atomic E-state index is -3.56. The molecule has 0 saturated carbocycles. The van der Waals surface area contributed by atoms with Crippen LogP contribution >= 0.6 is 7.60 Å². The highest BCUT2D eigenvalue weighted by atomic mass is 31.2. The summed E-state index contributed by atoms with van der Waals surface area (Å²) in [5, 5.41) is 3.28. The summed E-state index contributed by atoms with van der Waals surface area (Å²) in [6, 6.07) is 14.1. The van der Waals surface area contributed by atoms with Crippen LogP contribution in [0.1, 0.15) is 55.3 Å². The molecule has 0 fully saturated rings. The predicted octanol–water partition coefficient (Wildman–Crippen LogP) is 6.03. The van der Waals surface area contributed by atoms with Crippen LogP contribution in [-0.4, -0.2) is 32.9 Å². The standard InChI is InChI=1S/C23H32NO6P/c1-5-16-29-31(26,30-17-6-2)22(18-10-14-21(27-4)15-11-18)24-20-12-8-19(9-13-20)23(25)28-7-3/h8-15,22,24H,5-7,16-17H2,1-4H3. The third-order valence-corrected chi connectivity index (χ3v) is 6.54. The van der Waals surface area contributed by atoms with Gasteiger partial charge in [0.15, 0.2) is 5.78 Å². The molecule has 0 amide bonds. The van der Waals surface area contributed by atoms with Crippen LogP contribution in [0.4, 0.5) is 5.69 Å². The van der Waals surface area contributed by atoms with Crippen molar-refractivity contribution >= 4 is 19.3 Å². The molecule has 170 valence electrons. The lowest BCUT2D eigenvalue weighted by Gasteiger charge is -2.29. The summed E-state index contributed by atoms with van der Waals surface area (Å²) in [5.74, 6) is -0.422. The number of methoxy groups -OCH3 is 1. The quantitative estimate of drug-likeness (QED) is 0.295. The van der Waals surface area contributed by atoms with Gasteiger partial charge in [0, 0.05) is 5.69 Å². The minimum Gasteiger partial charge on any atom is -0.497 e. The molecule has 1 atom stereocenters. The number of carbonyl (C=O) groups excluding carboxylic acids is 1. The molecule has 1 unspecified atom stereocenters. The lowest BCUT2D eigenvalue weighted by Crippen LogP contribution is -2.16. The summed E-state index contributed by atoms with van der Waals surface area (Å²) in [7, 11) is -1.97. The van der Waals surface area contributed by atoms with Crippen molar-refractivity contribution in [3.63, 3.8) is 0 Å². The molecule has 0 saturated heterocycles. The van der Waals surface area contributed by atoms with E-state index in [-0.39, 0.29) is 5.97 Å². The molecule has 2 aromatic rings. The molecule has 2 rings (SSSR count). The summed E-state index contributed by atoms with van der Waals surface area (Å²) < 4.78 is 35.7. The van der Waals surface area contributed by atoms with Gasteiger partial charge in [0.1, 0.15) is 5.75 Å². The smallest absolute Gasteiger partial charge is 0.357 e. The first-order valence-electron chi connectivity index (χ1n) is 10.5. The van der Waals surface area contributed by atoms with Crippen LogP contribution in [0.5, 0.6) is 5.75 Å². The lowest BCUT2D eigenvalue weighted by atomic mass is 10.2. The van der Waals surface area contributed by atoms with Crippen molar-refractivity contribution in [2.75, 3.05) is 32.2 Å². The first-order valence-corrected chi connectivity index (χ1v) is 12.1. The van der Waals surface area contributed by atoms with E-state index in [4.69, 9.17) is 18.5 Å². The minimum absolute atomic E-state index is 0.311. The van der Waals surface area contributed by atoms with Gasteiger partial charge in [0.25, 0.3) is 0 Å². The van der Waals surface area contributed by atoms with E-state index < -0.39 is 13.4 Å². The van der Waals surface area contributed by atoms with Crippen molar-refractivity contribution in [1.29, 1.82) is 0 Å². The van der Waals surface area contributed by atoms with E-state index in [9.17, 15) is 9.36 Å². The SMILES string of the molecule is CCCOP(=O)(OCCC)C(Nc1ccc(C(=O)OCC)cc1)c1ccc(OC)cc1. The molecule has 0 heterocycles. The number of hydrogen-bond acceptors (Lipinski definition) is 7. The van der Waals surface area contributed by atoms with Crippen molar-refractivity contribution in [2.24, 2.45) is 0 Å². The molecule has 0 aliphatic rings. The van der Waals surface area contributed by atoms with Gasteiger partial charge in [0.2, 0.25) is 0 Å². The summed E-state index contributed by atoms with van der Waals surface area (Å²) in [6.07, 6.45) is 1.42. The Labute approximate surface area is 184 Å². The first kappa shape index (κ1) is 24.9. The maximum Gasteiger partial charge on any atom is 0.357 e. The third kappa shape index (κ3) is 7.10. The fourth-order valence-electron chi connectivity index (χ4n) is 2.83. The summed E-state index contributed by atoms with van der Waals surface area (Å²) in [4.78, 5) is 11.9. The van der Waals surface area contributed by atoms with Crippen LogP contribution in [0.2, 0.25) is 0 Å². The number of esters is 1. The molecular formula is C23H32NO6P. The van der Waals surface area contributed by atoms with Gasteiger partial charge in [-0.1, -0.05) is 26.0 Å². The zero-order valence-electron chi connectivity index (χ0n) is 18.6. The van der Waals surface area contributed by atoms with Gasteiger partial charge in [0.05, 0.1) is 32.5 Å². The van der Waals surface area contributed by atoms with Gasteiger partial charge in [-0.05, 0) is 61.7 Å². The lowest BCUT2D eigenvalue weighted by molar-refractivity contribution is 0.0526. The summed E-state index contributed by atoms with van der Waals surface area (Å²) in [6.45, 7) is 6.61. The van der Waals surface area contributed by atoms with Gasteiger partial charge in [-0.2, -0.15) is 0 Å². The van der Waals surface area contributed by atoms with E-state index in [1.807, 2.05) is 26.0 Å². The maximum absolute atomic E-state index is 13.8. The second-order valence-corrected chi connectivity index (χ2v) is 8.94. The second-order valence-electron chi connectivity index (χ2n) is 6.82. The Hall–Kier alpha value is -2.34. The topological polar surface area (TPSA) is 83.1 Å². The average Bonchev–Trinajstić information content (AvgIpc) is 2.80. The molecule has 0 aliphatic heterocycles. The van der Waals surface area contributed by atoms with Gasteiger partial charge < -0.3 is 23.8 Å². The number of ether oxygens (including phenoxy) is 2. The van der Waals surface area contributed by atoms with E-state index in [1.54, 1.807) is 50.4 Å². The van der Waals surface area contributed by atoms with Crippen molar-refractivity contribution in [3.8, 4) is 5.75 Å². The number of anilines is 1. The van der Waals surface area contributed by atoms with E-state index in [0.29, 0.717) is 49.7 Å². The Bertz CT molecular complexity index is 841. The molecular weight excluding hydrogens is 417 g/mol.